The van der Waals surface area contributed by atoms with Crippen molar-refractivity contribution < 1.29 is 4.39 Å². The van der Waals surface area contributed by atoms with Crippen LogP contribution in [0, 0.1) is 24.1 Å². The van der Waals surface area contributed by atoms with Crippen LogP contribution in [0.25, 0.3) is 0 Å². The molecule has 2 N–H and O–H groups in total. The zero-order chi connectivity index (χ0) is 13.3. The molecule has 0 aromatic heterocycles. The van der Waals surface area contributed by atoms with Crippen molar-refractivity contribution >= 4 is 0 Å². The number of rotatable bonds is 2. The van der Waals surface area contributed by atoms with Crippen molar-refractivity contribution in [1.29, 1.82) is 0 Å². The van der Waals surface area contributed by atoms with E-state index < -0.39 is 0 Å². The second kappa shape index (κ2) is 5.00. The van der Waals surface area contributed by atoms with E-state index in [2.05, 4.69) is 13.8 Å². The van der Waals surface area contributed by atoms with E-state index in [4.69, 9.17) is 5.73 Å². The number of nitrogens with two attached hydrogens (primary N) is 1. The lowest BCUT2D eigenvalue weighted by atomic mass is 9.65. The molecular weight excluding hydrogens is 225 g/mol. The predicted molar refractivity (Wildman–Crippen MR) is 73.8 cm³/mol. The van der Waals surface area contributed by atoms with Crippen LogP contribution in [0.4, 0.5) is 4.39 Å². The van der Waals surface area contributed by atoms with Crippen LogP contribution in [-0.2, 0) is 0 Å². The summed E-state index contributed by atoms with van der Waals surface area (Å²) in [5.74, 6) is 0.310. The highest BCUT2D eigenvalue weighted by Crippen LogP contribution is 2.45. The van der Waals surface area contributed by atoms with Gasteiger partial charge in [0.05, 0.1) is 0 Å². The molecule has 100 valence electrons. The van der Waals surface area contributed by atoms with Crippen LogP contribution in [0.5, 0.6) is 0 Å². The summed E-state index contributed by atoms with van der Waals surface area (Å²) in [7, 11) is 0. The molecule has 0 spiro atoms. The minimum absolute atomic E-state index is 0.0459. The molecule has 1 saturated carbocycles. The smallest absolute Gasteiger partial charge is 0.126 e. The van der Waals surface area contributed by atoms with Crippen LogP contribution < -0.4 is 5.73 Å². The van der Waals surface area contributed by atoms with E-state index in [-0.39, 0.29) is 17.3 Å². The molecule has 1 nitrogen and oxygen atoms in total. The van der Waals surface area contributed by atoms with E-state index in [0.717, 1.165) is 12.0 Å². The first-order valence-electron chi connectivity index (χ1n) is 6.93. The minimum Gasteiger partial charge on any atom is -0.324 e. The quantitative estimate of drug-likeness (QED) is 0.828. The van der Waals surface area contributed by atoms with Crippen LogP contribution in [-0.4, -0.2) is 0 Å². The molecule has 2 atom stereocenters. The Hall–Kier alpha value is -0.890. The van der Waals surface area contributed by atoms with Gasteiger partial charge in [0.1, 0.15) is 5.82 Å². The lowest BCUT2D eigenvalue weighted by Gasteiger charge is -2.42. The number of hydrogen-bond acceptors (Lipinski definition) is 1. The van der Waals surface area contributed by atoms with Crippen LogP contribution in [0.15, 0.2) is 18.2 Å². The number of benzene rings is 1. The predicted octanol–water partition coefficient (Wildman–Crippen LogP) is 4.35. The topological polar surface area (TPSA) is 26.0 Å². The largest absolute Gasteiger partial charge is 0.324 e. The van der Waals surface area contributed by atoms with Crippen LogP contribution in [0.1, 0.15) is 56.7 Å². The highest BCUT2D eigenvalue weighted by molar-refractivity contribution is 5.26. The van der Waals surface area contributed by atoms with Crippen molar-refractivity contribution in [2.24, 2.45) is 17.1 Å². The molecule has 0 amide bonds. The van der Waals surface area contributed by atoms with Gasteiger partial charge >= 0.3 is 0 Å². The summed E-state index contributed by atoms with van der Waals surface area (Å²) in [6.45, 7) is 6.37. The lowest BCUT2D eigenvalue weighted by molar-refractivity contribution is 0.112. The summed E-state index contributed by atoms with van der Waals surface area (Å²) < 4.78 is 13.6. The summed E-state index contributed by atoms with van der Waals surface area (Å²) in [4.78, 5) is 0. The van der Waals surface area contributed by atoms with E-state index in [1.807, 2.05) is 12.1 Å². The molecule has 1 aliphatic rings. The normalized spacial score (nSPS) is 24.8. The van der Waals surface area contributed by atoms with Crippen LogP contribution >= 0.6 is 0 Å². The average Bonchev–Trinajstić information content (AvgIpc) is 2.31. The summed E-state index contributed by atoms with van der Waals surface area (Å²) in [6.07, 6.45) is 4.91. The fourth-order valence-corrected chi connectivity index (χ4v) is 3.24. The van der Waals surface area contributed by atoms with Crippen molar-refractivity contribution in [3.8, 4) is 0 Å². The van der Waals surface area contributed by atoms with Gasteiger partial charge in [-0.3, -0.25) is 0 Å². The van der Waals surface area contributed by atoms with E-state index in [9.17, 15) is 4.39 Å². The van der Waals surface area contributed by atoms with Crippen LogP contribution in [0.3, 0.4) is 0 Å². The molecule has 18 heavy (non-hydrogen) atoms. The second-order valence-electron chi connectivity index (χ2n) is 6.38. The van der Waals surface area contributed by atoms with Gasteiger partial charge in [-0.25, -0.2) is 4.39 Å². The molecule has 0 saturated heterocycles. The van der Waals surface area contributed by atoms with Gasteiger partial charge in [-0.05, 0) is 48.3 Å². The molecule has 1 fully saturated rings. The van der Waals surface area contributed by atoms with E-state index in [1.54, 1.807) is 13.0 Å². The minimum atomic E-state index is -0.142. The highest BCUT2D eigenvalue weighted by atomic mass is 19.1. The van der Waals surface area contributed by atoms with Crippen molar-refractivity contribution in [3.05, 3.63) is 35.1 Å². The van der Waals surface area contributed by atoms with E-state index in [1.165, 1.54) is 19.3 Å². The Bertz CT molecular complexity index is 425. The maximum Gasteiger partial charge on any atom is 0.126 e. The molecule has 2 heteroatoms. The van der Waals surface area contributed by atoms with Gasteiger partial charge in [-0.15, -0.1) is 0 Å². The number of halogens is 1. The maximum absolute atomic E-state index is 13.6. The van der Waals surface area contributed by atoms with Gasteiger partial charge in [0.25, 0.3) is 0 Å². The Morgan fingerprint density at radius 3 is 2.67 bits per heavy atom. The van der Waals surface area contributed by atoms with Gasteiger partial charge in [0, 0.05) is 6.04 Å². The molecule has 1 aliphatic carbocycles. The lowest BCUT2D eigenvalue weighted by Crippen LogP contribution is -2.36. The van der Waals surface area contributed by atoms with Gasteiger partial charge in [-0.2, -0.15) is 0 Å². The number of hydrogen-bond donors (Lipinski definition) is 1. The molecule has 0 aliphatic heterocycles. The van der Waals surface area contributed by atoms with Crippen molar-refractivity contribution in [2.75, 3.05) is 0 Å². The maximum atomic E-state index is 13.6. The summed E-state index contributed by atoms with van der Waals surface area (Å²) >= 11 is 0. The molecule has 1 aromatic rings. The first-order chi connectivity index (χ1) is 8.42. The van der Waals surface area contributed by atoms with Crippen molar-refractivity contribution in [1.82, 2.24) is 0 Å². The first kappa shape index (κ1) is 13.5. The molecule has 0 bridgehead atoms. The third-order valence-corrected chi connectivity index (χ3v) is 4.60. The van der Waals surface area contributed by atoms with Gasteiger partial charge in [0.2, 0.25) is 0 Å². The van der Waals surface area contributed by atoms with Gasteiger partial charge in [0.15, 0.2) is 0 Å². The van der Waals surface area contributed by atoms with Gasteiger partial charge < -0.3 is 5.73 Å². The van der Waals surface area contributed by atoms with E-state index in [0.29, 0.717) is 11.5 Å². The molecule has 0 radical (unpaired) electrons. The van der Waals surface area contributed by atoms with Gasteiger partial charge in [-0.1, -0.05) is 38.8 Å². The second-order valence-corrected chi connectivity index (χ2v) is 6.38. The average molecular weight is 249 g/mol. The van der Waals surface area contributed by atoms with Crippen LogP contribution in [0.2, 0.25) is 0 Å². The fourth-order valence-electron chi connectivity index (χ4n) is 3.24. The van der Waals surface area contributed by atoms with E-state index >= 15 is 0 Å². The third-order valence-electron chi connectivity index (χ3n) is 4.60. The zero-order valence-corrected chi connectivity index (χ0v) is 11.7. The standard InChI is InChI=1S/C16H24FN/c1-11-7-8-12(10-14(11)17)15(18)13-6-4-5-9-16(13,2)3/h7-8,10,13,15H,4-6,9,18H2,1-3H3. The molecular formula is C16H24FN. The fraction of sp³-hybridized carbons (Fsp3) is 0.625. The summed E-state index contributed by atoms with van der Waals surface area (Å²) in [5.41, 5.74) is 8.29. The SMILES string of the molecule is Cc1ccc(C(N)C2CCCCC2(C)C)cc1F. The highest BCUT2D eigenvalue weighted by Gasteiger charge is 2.36. The first-order valence-corrected chi connectivity index (χ1v) is 6.93. The molecule has 2 unspecified atom stereocenters. The molecule has 1 aromatic carbocycles. The number of aryl methyl sites for hydroxylation is 1. The summed E-state index contributed by atoms with van der Waals surface area (Å²) in [6, 6.07) is 5.38. The zero-order valence-electron chi connectivity index (χ0n) is 11.7. The van der Waals surface area contributed by atoms with Crippen molar-refractivity contribution in [2.45, 2.75) is 52.5 Å². The third kappa shape index (κ3) is 2.59. The Balaban J connectivity index is 2.24. The molecule has 2 rings (SSSR count). The van der Waals surface area contributed by atoms with Crippen molar-refractivity contribution in [3.63, 3.8) is 0 Å². The molecule has 0 heterocycles. The Morgan fingerprint density at radius 2 is 2.06 bits per heavy atom. The Kier molecular flexibility index (Phi) is 3.76. The monoisotopic (exact) mass is 249 g/mol. The Morgan fingerprint density at radius 1 is 1.33 bits per heavy atom. The Labute approximate surface area is 110 Å². The summed E-state index contributed by atoms with van der Waals surface area (Å²) in [5, 5.41) is 0.